The number of amides is 1. The zero-order valence-electron chi connectivity index (χ0n) is 13.9. The highest BCUT2D eigenvalue weighted by Gasteiger charge is 2.32. The van der Waals surface area contributed by atoms with E-state index in [2.05, 4.69) is 4.98 Å². The second-order valence-electron chi connectivity index (χ2n) is 6.66. The molecule has 8 heteroatoms. The number of pyridine rings is 1. The van der Waals surface area contributed by atoms with Crippen LogP contribution in [0.25, 0.3) is 0 Å². The van der Waals surface area contributed by atoms with Crippen LogP contribution in [-0.2, 0) is 10.9 Å². The van der Waals surface area contributed by atoms with Gasteiger partial charge in [-0.15, -0.1) is 0 Å². The van der Waals surface area contributed by atoms with E-state index in [1.807, 2.05) is 0 Å². The highest BCUT2D eigenvalue weighted by atomic mass is 19.4. The number of aromatic nitrogens is 1. The molecule has 134 valence electrons. The molecule has 1 saturated heterocycles. The van der Waals surface area contributed by atoms with Crippen molar-refractivity contribution < 1.29 is 27.4 Å². The molecule has 0 unspecified atom stereocenters. The summed E-state index contributed by atoms with van der Waals surface area (Å²) in [5, 5.41) is 0. The lowest BCUT2D eigenvalue weighted by Gasteiger charge is -2.33. The van der Waals surface area contributed by atoms with Gasteiger partial charge in [-0.25, -0.2) is 9.78 Å². The quantitative estimate of drug-likeness (QED) is 0.815. The second-order valence-corrected chi connectivity index (χ2v) is 6.66. The first kappa shape index (κ1) is 18.4. The average Bonchev–Trinajstić information content (AvgIpc) is 2.46. The van der Waals surface area contributed by atoms with Crippen LogP contribution in [0.3, 0.4) is 0 Å². The molecule has 1 aromatic rings. The summed E-state index contributed by atoms with van der Waals surface area (Å²) >= 11 is 0. The molecule has 0 aromatic carbocycles. The maximum absolute atomic E-state index is 12.5. The third-order valence-electron chi connectivity index (χ3n) is 3.42. The Morgan fingerprint density at radius 2 is 1.83 bits per heavy atom. The van der Waals surface area contributed by atoms with Crippen LogP contribution >= 0.6 is 0 Å². The van der Waals surface area contributed by atoms with Gasteiger partial charge < -0.3 is 14.4 Å². The lowest BCUT2D eigenvalue weighted by molar-refractivity contribution is -0.141. The number of carbonyl (C=O) groups is 1. The van der Waals surface area contributed by atoms with E-state index in [1.165, 1.54) is 6.07 Å². The summed E-state index contributed by atoms with van der Waals surface area (Å²) in [6.07, 6.45) is -2.75. The van der Waals surface area contributed by atoms with Crippen LogP contribution in [0.15, 0.2) is 18.3 Å². The van der Waals surface area contributed by atoms with Crippen LogP contribution in [0.2, 0.25) is 0 Å². The molecule has 0 aliphatic carbocycles. The van der Waals surface area contributed by atoms with Crippen molar-refractivity contribution in [1.82, 2.24) is 9.88 Å². The minimum absolute atomic E-state index is 0.165. The lowest BCUT2D eigenvalue weighted by Crippen LogP contribution is -2.44. The van der Waals surface area contributed by atoms with Crippen molar-refractivity contribution in [3.8, 4) is 5.75 Å². The number of nitrogens with zero attached hydrogens (tertiary/aromatic N) is 2. The summed E-state index contributed by atoms with van der Waals surface area (Å²) in [6, 6.07) is 2.15. The second kappa shape index (κ2) is 6.86. The van der Waals surface area contributed by atoms with Gasteiger partial charge in [-0.3, -0.25) is 0 Å². The maximum atomic E-state index is 12.5. The molecule has 2 heterocycles. The molecule has 0 spiro atoms. The Labute approximate surface area is 138 Å². The number of alkyl halides is 3. The monoisotopic (exact) mass is 346 g/mol. The number of ether oxygens (including phenoxy) is 2. The van der Waals surface area contributed by atoms with Crippen molar-refractivity contribution in [2.45, 2.75) is 51.5 Å². The maximum Gasteiger partial charge on any atom is 0.433 e. The molecule has 1 fully saturated rings. The predicted molar refractivity (Wildman–Crippen MR) is 80.7 cm³/mol. The Morgan fingerprint density at radius 3 is 2.29 bits per heavy atom. The van der Waals surface area contributed by atoms with Gasteiger partial charge in [0.15, 0.2) is 0 Å². The number of piperidine rings is 1. The molecule has 0 bridgehead atoms. The minimum Gasteiger partial charge on any atom is -0.489 e. The molecule has 1 aromatic heterocycles. The first-order valence-electron chi connectivity index (χ1n) is 7.72. The van der Waals surface area contributed by atoms with E-state index in [1.54, 1.807) is 25.7 Å². The number of rotatable bonds is 2. The number of carbonyl (C=O) groups excluding carboxylic acids is 1. The Kier molecular flexibility index (Phi) is 5.25. The van der Waals surface area contributed by atoms with Gasteiger partial charge in [-0.1, -0.05) is 0 Å². The summed E-state index contributed by atoms with van der Waals surface area (Å²) in [5.41, 5.74) is -1.49. The number of likely N-dealkylation sites (tertiary alicyclic amines) is 1. The Balaban J connectivity index is 1.84. The van der Waals surface area contributed by atoms with Gasteiger partial charge in [0.25, 0.3) is 0 Å². The molecule has 1 aliphatic rings. The molecule has 0 N–H and O–H groups in total. The van der Waals surface area contributed by atoms with E-state index in [-0.39, 0.29) is 12.2 Å². The van der Waals surface area contributed by atoms with E-state index < -0.39 is 17.5 Å². The molecule has 1 amide bonds. The van der Waals surface area contributed by atoms with Crippen molar-refractivity contribution >= 4 is 6.09 Å². The van der Waals surface area contributed by atoms with Gasteiger partial charge in [0.1, 0.15) is 23.1 Å². The van der Waals surface area contributed by atoms with Crippen LogP contribution in [0.1, 0.15) is 39.3 Å². The lowest BCUT2D eigenvalue weighted by atomic mass is 10.1. The summed E-state index contributed by atoms with van der Waals surface area (Å²) in [7, 11) is 0. The fraction of sp³-hybridized carbons (Fsp3) is 0.625. The molecule has 0 radical (unpaired) electrons. The standard InChI is InChI=1S/C16H21F3N2O3/c1-15(2,3)24-14(22)21-8-6-11(7-9-21)23-12-4-5-13(20-10-12)16(17,18)19/h4-5,10-11H,6-9H2,1-3H3. The molecule has 2 rings (SSSR count). The van der Waals surface area contributed by atoms with Gasteiger partial charge in [-0.2, -0.15) is 13.2 Å². The third kappa shape index (κ3) is 5.28. The van der Waals surface area contributed by atoms with E-state index in [4.69, 9.17) is 9.47 Å². The van der Waals surface area contributed by atoms with Crippen molar-refractivity contribution in [2.75, 3.05) is 13.1 Å². The predicted octanol–water partition coefficient (Wildman–Crippen LogP) is 3.88. The van der Waals surface area contributed by atoms with Crippen molar-refractivity contribution in [3.63, 3.8) is 0 Å². The molecule has 1 aliphatic heterocycles. The molecule has 0 atom stereocenters. The SMILES string of the molecule is CC(C)(C)OC(=O)N1CCC(Oc2ccc(C(F)(F)F)nc2)CC1. The molecule has 24 heavy (non-hydrogen) atoms. The summed E-state index contributed by atoms with van der Waals surface area (Å²) in [6.45, 7) is 6.37. The van der Waals surface area contributed by atoms with Crippen LogP contribution in [0.5, 0.6) is 5.75 Å². The number of halogens is 3. The van der Waals surface area contributed by atoms with E-state index >= 15 is 0 Å². The minimum atomic E-state index is -4.46. The van der Waals surface area contributed by atoms with Gasteiger partial charge in [0.2, 0.25) is 0 Å². The molecule has 5 nitrogen and oxygen atoms in total. The number of hydrogen-bond acceptors (Lipinski definition) is 4. The van der Waals surface area contributed by atoms with Crippen molar-refractivity contribution in [2.24, 2.45) is 0 Å². The zero-order valence-corrected chi connectivity index (χ0v) is 13.9. The van der Waals surface area contributed by atoms with Gasteiger partial charge >= 0.3 is 12.3 Å². The normalized spacial score (nSPS) is 16.8. The summed E-state index contributed by atoms with van der Waals surface area (Å²) in [4.78, 5) is 16.9. The van der Waals surface area contributed by atoms with Gasteiger partial charge in [0, 0.05) is 25.9 Å². The largest absolute Gasteiger partial charge is 0.489 e. The van der Waals surface area contributed by atoms with E-state index in [0.29, 0.717) is 31.7 Å². The van der Waals surface area contributed by atoms with Crippen LogP contribution in [0, 0.1) is 0 Å². The fourth-order valence-electron chi connectivity index (χ4n) is 2.29. The van der Waals surface area contributed by atoms with E-state index in [9.17, 15) is 18.0 Å². The van der Waals surface area contributed by atoms with Crippen LogP contribution in [0.4, 0.5) is 18.0 Å². The highest BCUT2D eigenvalue weighted by Crippen LogP contribution is 2.28. The Hall–Kier alpha value is -1.99. The summed E-state index contributed by atoms with van der Waals surface area (Å²) < 4.78 is 48.3. The van der Waals surface area contributed by atoms with Gasteiger partial charge in [0.05, 0.1) is 6.20 Å². The smallest absolute Gasteiger partial charge is 0.433 e. The Morgan fingerprint density at radius 1 is 1.21 bits per heavy atom. The average molecular weight is 346 g/mol. The Bertz CT molecular complexity index is 559. The van der Waals surface area contributed by atoms with Crippen molar-refractivity contribution in [3.05, 3.63) is 24.0 Å². The zero-order chi connectivity index (χ0) is 18.0. The van der Waals surface area contributed by atoms with Gasteiger partial charge in [-0.05, 0) is 32.9 Å². The van der Waals surface area contributed by atoms with Crippen LogP contribution < -0.4 is 4.74 Å². The van der Waals surface area contributed by atoms with E-state index in [0.717, 1.165) is 12.3 Å². The fourth-order valence-corrected chi connectivity index (χ4v) is 2.29. The molecular weight excluding hydrogens is 325 g/mol. The first-order chi connectivity index (χ1) is 11.0. The van der Waals surface area contributed by atoms with Crippen LogP contribution in [-0.4, -0.2) is 40.8 Å². The number of hydrogen-bond donors (Lipinski definition) is 0. The molecular formula is C16H21F3N2O3. The highest BCUT2D eigenvalue weighted by molar-refractivity contribution is 5.68. The van der Waals surface area contributed by atoms with Crippen molar-refractivity contribution in [1.29, 1.82) is 0 Å². The first-order valence-corrected chi connectivity index (χ1v) is 7.72. The third-order valence-corrected chi connectivity index (χ3v) is 3.42. The molecule has 0 saturated carbocycles. The summed E-state index contributed by atoms with van der Waals surface area (Å²) in [5.74, 6) is 0.290. The topological polar surface area (TPSA) is 51.7 Å².